The second kappa shape index (κ2) is 9.60. The Labute approximate surface area is 141 Å². The minimum atomic E-state index is -0.120. The average molecular weight is 326 g/mol. The lowest BCUT2D eigenvalue weighted by Gasteiger charge is -2.42. The molecule has 2 aliphatic rings. The third-order valence-corrected chi connectivity index (χ3v) is 5.46. The fraction of sp³-hybridized carbons (Fsp3) is 0.944. The van der Waals surface area contributed by atoms with E-state index in [9.17, 15) is 9.90 Å². The van der Waals surface area contributed by atoms with E-state index in [-0.39, 0.29) is 17.9 Å². The van der Waals surface area contributed by atoms with Crippen LogP contribution in [0.1, 0.15) is 51.4 Å². The molecule has 134 valence electrons. The summed E-state index contributed by atoms with van der Waals surface area (Å²) in [7, 11) is 1.71. The highest BCUT2D eigenvalue weighted by molar-refractivity contribution is 5.78. The number of carbonyl (C=O) groups excluding carboxylic acids is 1. The average Bonchev–Trinajstić information content (AvgIpc) is 2.84. The van der Waals surface area contributed by atoms with Crippen molar-refractivity contribution in [2.75, 3.05) is 53.0 Å². The second-order valence-corrected chi connectivity index (χ2v) is 7.36. The first-order valence-electron chi connectivity index (χ1n) is 9.29. The number of hydrogen-bond acceptors (Lipinski definition) is 4. The van der Waals surface area contributed by atoms with Gasteiger partial charge in [0.05, 0.1) is 13.2 Å². The highest BCUT2D eigenvalue weighted by atomic mass is 16.5. The van der Waals surface area contributed by atoms with Crippen molar-refractivity contribution >= 4 is 5.91 Å². The Morgan fingerprint density at radius 2 is 1.87 bits per heavy atom. The predicted molar refractivity (Wildman–Crippen MR) is 91.4 cm³/mol. The number of amides is 1. The van der Waals surface area contributed by atoms with Gasteiger partial charge < -0.3 is 14.7 Å². The fourth-order valence-electron chi connectivity index (χ4n) is 4.01. The first-order valence-corrected chi connectivity index (χ1v) is 9.29. The van der Waals surface area contributed by atoms with Crippen LogP contribution in [-0.4, -0.2) is 73.9 Å². The zero-order chi connectivity index (χ0) is 16.5. The van der Waals surface area contributed by atoms with Gasteiger partial charge in [-0.15, -0.1) is 0 Å². The van der Waals surface area contributed by atoms with E-state index < -0.39 is 0 Å². The quantitative estimate of drug-likeness (QED) is 0.726. The van der Waals surface area contributed by atoms with Crippen LogP contribution in [-0.2, 0) is 9.53 Å². The number of hydrogen-bond donors (Lipinski definition) is 1. The van der Waals surface area contributed by atoms with Crippen LogP contribution >= 0.6 is 0 Å². The SMILES string of the molecule is COCCC[C@]1(CO)CCCN(C(=O)CN2CCCCCC2)C1. The molecule has 2 aliphatic heterocycles. The molecule has 0 radical (unpaired) electrons. The molecule has 23 heavy (non-hydrogen) atoms. The summed E-state index contributed by atoms with van der Waals surface area (Å²) in [6, 6.07) is 0. The van der Waals surface area contributed by atoms with Gasteiger partial charge in [-0.25, -0.2) is 0 Å². The summed E-state index contributed by atoms with van der Waals surface area (Å²) in [4.78, 5) is 17.0. The molecule has 0 saturated carbocycles. The molecule has 1 amide bonds. The maximum atomic E-state index is 12.7. The molecular weight excluding hydrogens is 292 g/mol. The number of likely N-dealkylation sites (tertiary alicyclic amines) is 2. The largest absolute Gasteiger partial charge is 0.396 e. The van der Waals surface area contributed by atoms with E-state index >= 15 is 0 Å². The maximum Gasteiger partial charge on any atom is 0.236 e. The number of carbonyl (C=O) groups is 1. The van der Waals surface area contributed by atoms with Gasteiger partial charge in [0, 0.05) is 32.2 Å². The molecule has 0 bridgehead atoms. The third-order valence-electron chi connectivity index (χ3n) is 5.46. The van der Waals surface area contributed by atoms with Crippen LogP contribution in [0.25, 0.3) is 0 Å². The Morgan fingerprint density at radius 3 is 2.52 bits per heavy atom. The number of piperidine rings is 1. The van der Waals surface area contributed by atoms with Gasteiger partial charge in [-0.2, -0.15) is 0 Å². The molecule has 1 atom stereocenters. The normalized spacial score (nSPS) is 27.0. The molecule has 2 saturated heterocycles. The van der Waals surface area contributed by atoms with Crippen LogP contribution < -0.4 is 0 Å². The summed E-state index contributed by atoms with van der Waals surface area (Å²) in [5.41, 5.74) is -0.120. The van der Waals surface area contributed by atoms with Gasteiger partial charge in [0.2, 0.25) is 5.91 Å². The van der Waals surface area contributed by atoms with Gasteiger partial charge in [-0.1, -0.05) is 12.8 Å². The summed E-state index contributed by atoms with van der Waals surface area (Å²) in [6.07, 6.45) is 8.91. The van der Waals surface area contributed by atoms with Crippen molar-refractivity contribution in [3.63, 3.8) is 0 Å². The lowest BCUT2D eigenvalue weighted by Crippen LogP contribution is -2.50. The number of aliphatic hydroxyl groups is 1. The van der Waals surface area contributed by atoms with Crippen molar-refractivity contribution in [2.24, 2.45) is 5.41 Å². The van der Waals surface area contributed by atoms with Crippen molar-refractivity contribution in [3.05, 3.63) is 0 Å². The zero-order valence-corrected chi connectivity index (χ0v) is 14.8. The van der Waals surface area contributed by atoms with Crippen LogP contribution in [0.15, 0.2) is 0 Å². The lowest BCUT2D eigenvalue weighted by atomic mass is 9.77. The van der Waals surface area contributed by atoms with E-state index in [1.165, 1.54) is 25.7 Å². The van der Waals surface area contributed by atoms with E-state index in [1.807, 2.05) is 4.90 Å². The number of ether oxygens (including phenoxy) is 1. The molecule has 2 fully saturated rings. The molecule has 0 aromatic rings. The first kappa shape index (κ1) is 18.7. The molecule has 0 aliphatic carbocycles. The molecule has 0 aromatic carbocycles. The standard InChI is InChI=1S/C18H34N2O3/c1-23-13-7-9-18(16-21)8-6-12-20(15-18)17(22)14-19-10-4-2-3-5-11-19/h21H,2-16H2,1H3/t18-/m1/s1. The number of rotatable bonds is 7. The van der Waals surface area contributed by atoms with Crippen LogP contribution in [0.3, 0.4) is 0 Å². The summed E-state index contributed by atoms with van der Waals surface area (Å²) in [5, 5.41) is 9.91. The van der Waals surface area contributed by atoms with Crippen LogP contribution in [0.2, 0.25) is 0 Å². The summed E-state index contributed by atoms with van der Waals surface area (Å²) >= 11 is 0. The van der Waals surface area contributed by atoms with E-state index in [1.54, 1.807) is 7.11 Å². The second-order valence-electron chi connectivity index (χ2n) is 7.36. The number of aliphatic hydroxyl groups excluding tert-OH is 1. The Balaban J connectivity index is 1.86. The fourth-order valence-corrected chi connectivity index (χ4v) is 4.01. The molecule has 5 nitrogen and oxygen atoms in total. The molecular formula is C18H34N2O3. The maximum absolute atomic E-state index is 12.7. The Hall–Kier alpha value is -0.650. The lowest BCUT2D eigenvalue weighted by molar-refractivity contribution is -0.137. The van der Waals surface area contributed by atoms with Gasteiger partial charge in [0.1, 0.15) is 0 Å². The highest BCUT2D eigenvalue weighted by Gasteiger charge is 2.36. The summed E-state index contributed by atoms with van der Waals surface area (Å²) < 4.78 is 5.14. The topological polar surface area (TPSA) is 53.0 Å². The molecule has 2 rings (SSSR count). The van der Waals surface area contributed by atoms with Crippen LogP contribution in [0.5, 0.6) is 0 Å². The Morgan fingerprint density at radius 1 is 1.13 bits per heavy atom. The number of nitrogens with zero attached hydrogens (tertiary/aromatic N) is 2. The minimum absolute atomic E-state index is 0.120. The molecule has 0 aromatic heterocycles. The minimum Gasteiger partial charge on any atom is -0.396 e. The smallest absolute Gasteiger partial charge is 0.236 e. The number of methoxy groups -OCH3 is 1. The van der Waals surface area contributed by atoms with Crippen molar-refractivity contribution in [3.8, 4) is 0 Å². The summed E-state index contributed by atoms with van der Waals surface area (Å²) in [6.45, 7) is 5.11. The summed E-state index contributed by atoms with van der Waals surface area (Å²) in [5.74, 6) is 0.246. The van der Waals surface area contributed by atoms with E-state index in [2.05, 4.69) is 4.90 Å². The van der Waals surface area contributed by atoms with Gasteiger partial charge in [0.15, 0.2) is 0 Å². The molecule has 0 unspecified atom stereocenters. The first-order chi connectivity index (χ1) is 11.2. The monoisotopic (exact) mass is 326 g/mol. The van der Waals surface area contributed by atoms with Crippen molar-refractivity contribution in [1.82, 2.24) is 9.80 Å². The van der Waals surface area contributed by atoms with Crippen LogP contribution in [0, 0.1) is 5.41 Å². The Kier molecular flexibility index (Phi) is 7.80. The van der Waals surface area contributed by atoms with Crippen molar-refractivity contribution < 1.29 is 14.6 Å². The molecule has 0 spiro atoms. The van der Waals surface area contributed by atoms with E-state index in [0.29, 0.717) is 13.1 Å². The van der Waals surface area contributed by atoms with Gasteiger partial charge in [-0.3, -0.25) is 9.69 Å². The van der Waals surface area contributed by atoms with Gasteiger partial charge >= 0.3 is 0 Å². The van der Waals surface area contributed by atoms with Gasteiger partial charge in [-0.05, 0) is 51.6 Å². The van der Waals surface area contributed by atoms with E-state index in [0.717, 1.165) is 51.9 Å². The zero-order valence-electron chi connectivity index (χ0n) is 14.8. The van der Waals surface area contributed by atoms with Crippen LogP contribution in [0.4, 0.5) is 0 Å². The predicted octanol–water partition coefficient (Wildman–Crippen LogP) is 1.89. The molecule has 2 heterocycles. The molecule has 1 N–H and O–H groups in total. The molecule has 5 heteroatoms. The van der Waals surface area contributed by atoms with Crippen molar-refractivity contribution in [2.45, 2.75) is 51.4 Å². The Bertz CT molecular complexity index is 356. The van der Waals surface area contributed by atoms with Crippen molar-refractivity contribution in [1.29, 1.82) is 0 Å². The van der Waals surface area contributed by atoms with E-state index in [4.69, 9.17) is 4.74 Å². The van der Waals surface area contributed by atoms with Gasteiger partial charge in [0.25, 0.3) is 0 Å². The third kappa shape index (κ3) is 5.73. The highest BCUT2D eigenvalue weighted by Crippen LogP contribution is 2.34.